The second-order valence-electron chi connectivity index (χ2n) is 4.96. The van der Waals surface area contributed by atoms with E-state index in [0.717, 1.165) is 5.56 Å². The van der Waals surface area contributed by atoms with Crippen molar-refractivity contribution >= 4 is 0 Å². The summed E-state index contributed by atoms with van der Waals surface area (Å²) in [5, 5.41) is 2.63. The van der Waals surface area contributed by atoms with Crippen molar-refractivity contribution < 1.29 is 17.9 Å². The van der Waals surface area contributed by atoms with Gasteiger partial charge in [-0.1, -0.05) is 60.7 Å². The Bertz CT molecular complexity index is 600. The fraction of sp³-hybridized carbons (Fsp3) is 0.250. The molecule has 0 saturated carbocycles. The monoisotopic (exact) mass is 293 g/mol. The van der Waals surface area contributed by atoms with Gasteiger partial charge in [-0.05, 0) is 5.56 Å². The first kappa shape index (κ1) is 14.1. The lowest BCUT2D eigenvalue weighted by atomic mass is 10.0. The van der Waals surface area contributed by atoms with Crippen LogP contribution in [0.5, 0.6) is 0 Å². The third-order valence-electron chi connectivity index (χ3n) is 3.63. The molecule has 2 aromatic rings. The Morgan fingerprint density at radius 3 is 2.10 bits per heavy atom. The second kappa shape index (κ2) is 5.16. The van der Waals surface area contributed by atoms with Gasteiger partial charge in [-0.25, -0.2) is 0 Å². The Hall–Kier alpha value is -1.85. The molecule has 0 aliphatic carbocycles. The van der Waals surface area contributed by atoms with Gasteiger partial charge in [0.05, 0.1) is 12.6 Å². The van der Waals surface area contributed by atoms with Crippen molar-refractivity contribution in [2.45, 2.75) is 17.9 Å². The predicted octanol–water partition coefficient (Wildman–Crippen LogP) is 3.76. The van der Waals surface area contributed by atoms with Crippen LogP contribution in [-0.4, -0.2) is 12.8 Å². The Kier molecular flexibility index (Phi) is 3.47. The molecule has 21 heavy (non-hydrogen) atoms. The number of benzene rings is 2. The van der Waals surface area contributed by atoms with Crippen LogP contribution in [0.3, 0.4) is 0 Å². The number of ether oxygens (including phenoxy) is 1. The first-order chi connectivity index (χ1) is 10.0. The average molecular weight is 293 g/mol. The van der Waals surface area contributed by atoms with Crippen molar-refractivity contribution in [2.24, 2.45) is 0 Å². The number of halogens is 3. The Balaban J connectivity index is 1.98. The smallest absolute Gasteiger partial charge is 0.346 e. The summed E-state index contributed by atoms with van der Waals surface area (Å²) in [6, 6.07) is 16.2. The van der Waals surface area contributed by atoms with Gasteiger partial charge in [-0.15, -0.1) is 0 Å². The van der Waals surface area contributed by atoms with Gasteiger partial charge in [0.1, 0.15) is 0 Å². The summed E-state index contributed by atoms with van der Waals surface area (Å²) >= 11 is 0. The largest absolute Gasteiger partial charge is 0.435 e. The molecule has 0 aromatic heterocycles. The van der Waals surface area contributed by atoms with E-state index < -0.39 is 17.9 Å². The zero-order valence-electron chi connectivity index (χ0n) is 11.1. The van der Waals surface area contributed by atoms with Gasteiger partial charge < -0.3 is 4.74 Å². The summed E-state index contributed by atoms with van der Waals surface area (Å²) in [5.74, 6) is 0. The molecule has 5 heteroatoms. The molecular weight excluding hydrogens is 279 g/mol. The minimum absolute atomic E-state index is 0.0293. The maximum Gasteiger partial charge on any atom is 0.435 e. The van der Waals surface area contributed by atoms with Crippen LogP contribution in [0, 0.1) is 0 Å². The van der Waals surface area contributed by atoms with Gasteiger partial charge in [0.25, 0.3) is 0 Å². The van der Waals surface area contributed by atoms with E-state index >= 15 is 0 Å². The fourth-order valence-corrected chi connectivity index (χ4v) is 2.57. The fourth-order valence-electron chi connectivity index (χ4n) is 2.57. The highest BCUT2D eigenvalue weighted by Crippen LogP contribution is 2.45. The van der Waals surface area contributed by atoms with E-state index in [0.29, 0.717) is 0 Å². The van der Waals surface area contributed by atoms with Crippen LogP contribution < -0.4 is 5.32 Å². The Morgan fingerprint density at radius 2 is 1.52 bits per heavy atom. The third-order valence-corrected chi connectivity index (χ3v) is 3.63. The molecule has 1 fully saturated rings. The SMILES string of the molecule is FC(F)(F)C1(c2ccccc2)N[C@H](c2ccccc2)CO1. The van der Waals surface area contributed by atoms with Crippen LogP contribution in [0.15, 0.2) is 60.7 Å². The normalized spacial score (nSPS) is 26.0. The van der Waals surface area contributed by atoms with Gasteiger partial charge >= 0.3 is 6.18 Å². The molecule has 3 rings (SSSR count). The molecule has 1 aliphatic heterocycles. The lowest BCUT2D eigenvalue weighted by Crippen LogP contribution is -2.51. The zero-order valence-corrected chi connectivity index (χ0v) is 11.1. The van der Waals surface area contributed by atoms with Crippen molar-refractivity contribution in [1.82, 2.24) is 5.32 Å². The molecule has 1 N–H and O–H groups in total. The minimum atomic E-state index is -4.54. The van der Waals surface area contributed by atoms with Crippen molar-refractivity contribution in [3.63, 3.8) is 0 Å². The van der Waals surface area contributed by atoms with Crippen molar-refractivity contribution in [3.8, 4) is 0 Å². The van der Waals surface area contributed by atoms with Gasteiger partial charge in [0.2, 0.25) is 5.72 Å². The summed E-state index contributed by atoms with van der Waals surface area (Å²) in [6.07, 6.45) is -4.54. The molecule has 2 atom stereocenters. The van der Waals surface area contributed by atoms with E-state index in [4.69, 9.17) is 4.74 Å². The Morgan fingerprint density at radius 1 is 0.952 bits per heavy atom. The van der Waals surface area contributed by atoms with E-state index in [1.54, 1.807) is 42.5 Å². The van der Waals surface area contributed by atoms with Gasteiger partial charge in [0, 0.05) is 5.56 Å². The van der Waals surface area contributed by atoms with E-state index in [-0.39, 0.29) is 12.2 Å². The van der Waals surface area contributed by atoms with Crippen LogP contribution in [0.25, 0.3) is 0 Å². The number of hydrogen-bond donors (Lipinski definition) is 1. The topological polar surface area (TPSA) is 21.3 Å². The first-order valence-electron chi connectivity index (χ1n) is 6.62. The molecule has 1 saturated heterocycles. The van der Waals surface area contributed by atoms with Crippen LogP contribution in [0.2, 0.25) is 0 Å². The molecule has 110 valence electrons. The second-order valence-corrected chi connectivity index (χ2v) is 4.96. The zero-order chi connectivity index (χ0) is 14.9. The number of rotatable bonds is 2. The van der Waals surface area contributed by atoms with Crippen molar-refractivity contribution in [1.29, 1.82) is 0 Å². The van der Waals surface area contributed by atoms with E-state index in [1.807, 2.05) is 6.07 Å². The standard InChI is InChI=1S/C16H14F3NO/c17-16(18,19)15(13-9-5-2-6-10-13)20-14(11-21-15)12-7-3-1-4-8-12/h1-10,14,20H,11H2/t14-,15?/m0/s1. The molecule has 1 heterocycles. The Labute approximate surface area is 120 Å². The number of alkyl halides is 3. The van der Waals surface area contributed by atoms with Gasteiger partial charge in [-0.2, -0.15) is 13.2 Å². The number of nitrogens with one attached hydrogen (secondary N) is 1. The molecule has 1 aliphatic rings. The minimum Gasteiger partial charge on any atom is -0.346 e. The van der Waals surface area contributed by atoms with Crippen LogP contribution in [0.4, 0.5) is 13.2 Å². The van der Waals surface area contributed by atoms with E-state index in [1.165, 1.54) is 12.1 Å². The van der Waals surface area contributed by atoms with Crippen LogP contribution in [0.1, 0.15) is 17.2 Å². The summed E-state index contributed by atoms with van der Waals surface area (Å²) in [6.45, 7) is -0.0293. The maximum atomic E-state index is 13.6. The van der Waals surface area contributed by atoms with Gasteiger partial charge in [-0.3, -0.25) is 5.32 Å². The quantitative estimate of drug-likeness (QED) is 0.910. The molecule has 1 unspecified atom stereocenters. The van der Waals surface area contributed by atoms with Crippen molar-refractivity contribution in [2.75, 3.05) is 6.61 Å². The first-order valence-corrected chi connectivity index (χ1v) is 6.62. The molecule has 2 aromatic carbocycles. The van der Waals surface area contributed by atoms with E-state index in [9.17, 15) is 13.2 Å². The lowest BCUT2D eigenvalue weighted by Gasteiger charge is -2.31. The van der Waals surface area contributed by atoms with Crippen LogP contribution in [-0.2, 0) is 10.5 Å². The third kappa shape index (κ3) is 2.43. The molecule has 0 amide bonds. The summed E-state index contributed by atoms with van der Waals surface area (Å²) < 4.78 is 46.0. The summed E-state index contributed by atoms with van der Waals surface area (Å²) in [7, 11) is 0. The predicted molar refractivity (Wildman–Crippen MR) is 72.4 cm³/mol. The maximum absolute atomic E-state index is 13.6. The van der Waals surface area contributed by atoms with Crippen LogP contribution >= 0.6 is 0 Å². The summed E-state index contributed by atoms with van der Waals surface area (Å²) in [5.41, 5.74) is -1.61. The molecule has 2 nitrogen and oxygen atoms in total. The highest BCUT2D eigenvalue weighted by molar-refractivity contribution is 5.28. The average Bonchev–Trinajstić information content (AvgIpc) is 2.95. The van der Waals surface area contributed by atoms with E-state index in [2.05, 4.69) is 5.32 Å². The summed E-state index contributed by atoms with van der Waals surface area (Å²) in [4.78, 5) is 0. The highest BCUT2D eigenvalue weighted by atomic mass is 19.4. The molecule has 0 spiro atoms. The highest BCUT2D eigenvalue weighted by Gasteiger charge is 2.61. The number of hydrogen-bond acceptors (Lipinski definition) is 2. The molecule has 0 radical (unpaired) electrons. The van der Waals surface area contributed by atoms with Gasteiger partial charge in [0.15, 0.2) is 0 Å². The molecule has 0 bridgehead atoms. The van der Waals surface area contributed by atoms with Crippen molar-refractivity contribution in [3.05, 3.63) is 71.8 Å². The molecular formula is C16H14F3NO. The lowest BCUT2D eigenvalue weighted by molar-refractivity contribution is -0.278.